The standard InChI is InChI=1S/C13H17NO5/c15-8-4-14(5-9(8)16)12(17)10-6-1-2-7(3-6)11(10)13(18)19/h1-2,6-11,15-16H,3-5H2,(H,18,19)/t6?,7?,8-,9+,10-,11+/m0/s1. The molecule has 3 N–H and O–H groups in total. The fraction of sp³-hybridized carbons (Fsp3) is 0.692. The number of aliphatic carboxylic acids is 1. The molecule has 2 unspecified atom stereocenters. The Morgan fingerprint density at radius 3 is 2.05 bits per heavy atom. The quantitative estimate of drug-likeness (QED) is 0.562. The molecule has 2 fully saturated rings. The van der Waals surface area contributed by atoms with Crippen LogP contribution in [-0.2, 0) is 9.59 Å². The molecule has 1 amide bonds. The van der Waals surface area contributed by atoms with Gasteiger partial charge in [-0.15, -0.1) is 0 Å². The molecule has 3 rings (SSSR count). The van der Waals surface area contributed by atoms with Gasteiger partial charge in [-0.1, -0.05) is 12.2 Å². The van der Waals surface area contributed by atoms with E-state index in [4.69, 9.17) is 0 Å². The van der Waals surface area contributed by atoms with Crippen LogP contribution < -0.4 is 0 Å². The van der Waals surface area contributed by atoms with Crippen molar-refractivity contribution in [3.05, 3.63) is 12.2 Å². The van der Waals surface area contributed by atoms with Crippen molar-refractivity contribution < 1.29 is 24.9 Å². The van der Waals surface area contributed by atoms with Gasteiger partial charge in [0.2, 0.25) is 5.91 Å². The maximum Gasteiger partial charge on any atom is 0.307 e. The summed E-state index contributed by atoms with van der Waals surface area (Å²) in [4.78, 5) is 25.2. The highest BCUT2D eigenvalue weighted by molar-refractivity contribution is 5.87. The first-order valence-electron chi connectivity index (χ1n) is 6.55. The highest BCUT2D eigenvalue weighted by atomic mass is 16.4. The zero-order valence-electron chi connectivity index (χ0n) is 10.3. The lowest BCUT2D eigenvalue weighted by molar-refractivity contribution is -0.150. The van der Waals surface area contributed by atoms with Gasteiger partial charge in [-0.3, -0.25) is 9.59 Å². The SMILES string of the molecule is O=C(O)[C@@H]1C2C=CC(C2)[C@@H]1C(=O)N1C[C@@H](O)[C@@H](O)C1. The number of β-amino-alcohol motifs (C(OH)–C–C–N with tert-alkyl or cyclic N) is 2. The van der Waals surface area contributed by atoms with Crippen LogP contribution in [-0.4, -0.2) is 57.4 Å². The van der Waals surface area contributed by atoms with Crippen molar-refractivity contribution in [2.24, 2.45) is 23.7 Å². The molecule has 6 heteroatoms. The predicted molar refractivity (Wildman–Crippen MR) is 63.9 cm³/mol. The summed E-state index contributed by atoms with van der Waals surface area (Å²) < 4.78 is 0. The minimum atomic E-state index is -0.935. The van der Waals surface area contributed by atoms with Gasteiger partial charge in [-0.25, -0.2) is 0 Å². The van der Waals surface area contributed by atoms with Crippen molar-refractivity contribution in [2.75, 3.05) is 13.1 Å². The van der Waals surface area contributed by atoms with Crippen LogP contribution in [0.1, 0.15) is 6.42 Å². The van der Waals surface area contributed by atoms with Gasteiger partial charge in [0.15, 0.2) is 0 Å². The first-order chi connectivity index (χ1) is 8.99. The van der Waals surface area contributed by atoms with E-state index in [1.807, 2.05) is 12.2 Å². The lowest BCUT2D eigenvalue weighted by Crippen LogP contribution is -2.42. The third-order valence-corrected chi connectivity index (χ3v) is 4.60. The molecule has 0 spiro atoms. The Morgan fingerprint density at radius 2 is 1.53 bits per heavy atom. The van der Waals surface area contributed by atoms with Crippen molar-refractivity contribution in [1.82, 2.24) is 4.90 Å². The lowest BCUT2D eigenvalue weighted by Gasteiger charge is -2.28. The Labute approximate surface area is 110 Å². The molecule has 2 aliphatic carbocycles. The minimum absolute atomic E-state index is 0.0199. The second kappa shape index (κ2) is 4.31. The van der Waals surface area contributed by atoms with Crippen molar-refractivity contribution >= 4 is 11.9 Å². The molecule has 0 aromatic rings. The van der Waals surface area contributed by atoms with Gasteiger partial charge < -0.3 is 20.2 Å². The average Bonchev–Trinajstić information content (AvgIpc) is 3.03. The van der Waals surface area contributed by atoms with Crippen LogP contribution in [0.15, 0.2) is 12.2 Å². The van der Waals surface area contributed by atoms with E-state index in [0.29, 0.717) is 6.42 Å². The number of carboxylic acid groups (broad SMARTS) is 1. The third kappa shape index (κ3) is 1.86. The first kappa shape index (κ1) is 12.6. The summed E-state index contributed by atoms with van der Waals surface area (Å²) in [7, 11) is 0. The van der Waals surface area contributed by atoms with E-state index < -0.39 is 30.0 Å². The summed E-state index contributed by atoms with van der Waals surface area (Å²) in [5.41, 5.74) is 0. The van der Waals surface area contributed by atoms with E-state index in [-0.39, 0.29) is 30.8 Å². The largest absolute Gasteiger partial charge is 0.481 e. The van der Waals surface area contributed by atoms with Crippen LogP contribution in [0.3, 0.4) is 0 Å². The topological polar surface area (TPSA) is 98.1 Å². The van der Waals surface area contributed by atoms with E-state index in [2.05, 4.69) is 0 Å². The summed E-state index contributed by atoms with van der Waals surface area (Å²) in [5.74, 6) is -2.49. The molecule has 1 heterocycles. The molecule has 6 nitrogen and oxygen atoms in total. The van der Waals surface area contributed by atoms with E-state index in [9.17, 15) is 24.9 Å². The summed E-state index contributed by atoms with van der Waals surface area (Å²) in [5, 5.41) is 28.3. The molecule has 3 aliphatic rings. The van der Waals surface area contributed by atoms with E-state index in [0.717, 1.165) is 0 Å². The zero-order chi connectivity index (χ0) is 13.7. The molecule has 104 valence electrons. The molecule has 0 aromatic carbocycles. The Hall–Kier alpha value is -1.40. The van der Waals surface area contributed by atoms with Gasteiger partial charge >= 0.3 is 5.97 Å². The highest BCUT2D eigenvalue weighted by Gasteiger charge is 2.53. The molecule has 1 aliphatic heterocycles. The predicted octanol–water partition coefficient (Wildman–Crippen LogP) is -0.927. The molecular formula is C13H17NO5. The molecular weight excluding hydrogens is 250 g/mol. The number of allylic oxidation sites excluding steroid dienone is 2. The molecule has 2 bridgehead atoms. The highest BCUT2D eigenvalue weighted by Crippen LogP contribution is 2.49. The monoisotopic (exact) mass is 267 g/mol. The average molecular weight is 267 g/mol. The Balaban J connectivity index is 1.80. The number of carbonyl (C=O) groups excluding carboxylic acids is 1. The van der Waals surface area contributed by atoms with Gasteiger partial charge in [0.1, 0.15) is 0 Å². The number of carbonyl (C=O) groups is 2. The number of aliphatic hydroxyl groups excluding tert-OH is 2. The van der Waals surface area contributed by atoms with Crippen LogP contribution in [0.25, 0.3) is 0 Å². The second-order valence-corrected chi connectivity index (χ2v) is 5.72. The van der Waals surface area contributed by atoms with Crippen LogP contribution in [0.4, 0.5) is 0 Å². The number of rotatable bonds is 2. The number of likely N-dealkylation sites (tertiary alicyclic amines) is 1. The van der Waals surface area contributed by atoms with Gasteiger partial charge in [0.25, 0.3) is 0 Å². The van der Waals surface area contributed by atoms with Gasteiger partial charge in [0, 0.05) is 13.1 Å². The number of hydrogen-bond donors (Lipinski definition) is 3. The van der Waals surface area contributed by atoms with Crippen molar-refractivity contribution in [2.45, 2.75) is 18.6 Å². The molecule has 19 heavy (non-hydrogen) atoms. The molecule has 0 aromatic heterocycles. The van der Waals surface area contributed by atoms with E-state index in [1.165, 1.54) is 4.90 Å². The van der Waals surface area contributed by atoms with Crippen LogP contribution >= 0.6 is 0 Å². The minimum Gasteiger partial charge on any atom is -0.481 e. The first-order valence-corrected chi connectivity index (χ1v) is 6.55. The lowest BCUT2D eigenvalue weighted by atomic mass is 9.82. The van der Waals surface area contributed by atoms with Gasteiger partial charge in [0.05, 0.1) is 24.0 Å². The van der Waals surface area contributed by atoms with Crippen LogP contribution in [0.5, 0.6) is 0 Å². The van der Waals surface area contributed by atoms with Crippen LogP contribution in [0.2, 0.25) is 0 Å². The zero-order valence-corrected chi connectivity index (χ0v) is 10.3. The molecule has 6 atom stereocenters. The molecule has 0 radical (unpaired) electrons. The fourth-order valence-corrected chi connectivity index (χ4v) is 3.66. The number of fused-ring (bicyclic) bond motifs is 2. The van der Waals surface area contributed by atoms with Gasteiger partial charge in [-0.05, 0) is 18.3 Å². The van der Waals surface area contributed by atoms with Crippen molar-refractivity contribution in [1.29, 1.82) is 0 Å². The number of aliphatic hydroxyl groups is 2. The van der Waals surface area contributed by atoms with Crippen molar-refractivity contribution in [3.63, 3.8) is 0 Å². The fourth-order valence-electron chi connectivity index (χ4n) is 3.66. The Bertz CT molecular complexity index is 438. The van der Waals surface area contributed by atoms with E-state index >= 15 is 0 Å². The van der Waals surface area contributed by atoms with Crippen LogP contribution in [0, 0.1) is 23.7 Å². The van der Waals surface area contributed by atoms with Gasteiger partial charge in [-0.2, -0.15) is 0 Å². The number of hydrogen-bond acceptors (Lipinski definition) is 4. The normalized spacial score (nSPS) is 44.0. The van der Waals surface area contributed by atoms with Crippen molar-refractivity contribution in [3.8, 4) is 0 Å². The third-order valence-electron chi connectivity index (χ3n) is 4.60. The smallest absolute Gasteiger partial charge is 0.307 e. The summed E-state index contributed by atoms with van der Waals surface area (Å²) in [6.07, 6.45) is 2.67. The number of nitrogens with zero attached hydrogens (tertiary/aromatic N) is 1. The molecule has 1 saturated carbocycles. The Morgan fingerprint density at radius 1 is 1.00 bits per heavy atom. The van der Waals surface area contributed by atoms with E-state index in [1.54, 1.807) is 0 Å². The second-order valence-electron chi connectivity index (χ2n) is 5.72. The number of amides is 1. The molecule has 1 saturated heterocycles. The maximum atomic E-state index is 12.4. The summed E-state index contributed by atoms with van der Waals surface area (Å²) in [6, 6.07) is 0. The summed E-state index contributed by atoms with van der Waals surface area (Å²) in [6.45, 7) is 0.174. The maximum absolute atomic E-state index is 12.4. The summed E-state index contributed by atoms with van der Waals surface area (Å²) >= 11 is 0. The Kier molecular flexibility index (Phi) is 2.87. The number of carboxylic acids is 1.